The van der Waals surface area contributed by atoms with Crippen LogP contribution in [0.1, 0.15) is 28.4 Å². The number of carbonyl (C=O) groups excluding carboxylic acids is 1. The van der Waals surface area contributed by atoms with Gasteiger partial charge in [-0.2, -0.15) is 0 Å². The van der Waals surface area contributed by atoms with Crippen LogP contribution in [0.4, 0.5) is 4.39 Å². The van der Waals surface area contributed by atoms with E-state index >= 15 is 0 Å². The molecule has 110 valence electrons. The van der Waals surface area contributed by atoms with Gasteiger partial charge in [-0.3, -0.25) is 4.79 Å². The van der Waals surface area contributed by atoms with E-state index in [9.17, 15) is 14.3 Å². The molecule has 0 aromatic heterocycles. The molecule has 0 radical (unpaired) electrons. The third kappa shape index (κ3) is 3.28. The Morgan fingerprint density at radius 3 is 2.48 bits per heavy atom. The van der Waals surface area contributed by atoms with Crippen LogP contribution in [0.15, 0.2) is 48.5 Å². The number of hydrogen-bond donors (Lipinski definition) is 2. The van der Waals surface area contributed by atoms with Gasteiger partial charge in [0.2, 0.25) is 0 Å². The van der Waals surface area contributed by atoms with E-state index in [4.69, 9.17) is 0 Å². The molecule has 1 unspecified atom stereocenters. The second-order valence-electron chi connectivity index (χ2n) is 5.29. The summed E-state index contributed by atoms with van der Waals surface area (Å²) in [4.78, 5) is 12.3. The number of hydrogen-bond acceptors (Lipinski definition) is 2. The lowest BCUT2D eigenvalue weighted by Gasteiger charge is -2.29. The van der Waals surface area contributed by atoms with Gasteiger partial charge in [-0.05, 0) is 37.1 Å². The second-order valence-corrected chi connectivity index (χ2v) is 5.29. The molecule has 21 heavy (non-hydrogen) atoms. The molecule has 1 amide bonds. The number of carbonyl (C=O) groups is 1. The highest BCUT2D eigenvalue weighted by molar-refractivity contribution is 5.95. The summed E-state index contributed by atoms with van der Waals surface area (Å²) >= 11 is 0. The SMILES string of the molecule is Cc1ccc(C(=O)NC(C)(CO)c2ccccc2)c(F)c1. The molecule has 3 nitrogen and oxygen atoms in total. The first-order chi connectivity index (χ1) is 9.96. The van der Waals surface area contributed by atoms with Crippen LogP contribution in [0.3, 0.4) is 0 Å². The fraction of sp³-hybridized carbons (Fsp3) is 0.235. The first kappa shape index (κ1) is 15.2. The molecule has 2 rings (SSSR count). The Morgan fingerprint density at radius 2 is 1.90 bits per heavy atom. The molecule has 0 saturated heterocycles. The maximum atomic E-state index is 13.9. The van der Waals surface area contributed by atoms with E-state index in [2.05, 4.69) is 5.32 Å². The van der Waals surface area contributed by atoms with Crippen LogP contribution in [0.25, 0.3) is 0 Å². The number of halogens is 1. The van der Waals surface area contributed by atoms with Crippen molar-refractivity contribution in [2.45, 2.75) is 19.4 Å². The minimum Gasteiger partial charge on any atom is -0.394 e. The smallest absolute Gasteiger partial charge is 0.255 e. The predicted octanol–water partition coefficient (Wildman–Crippen LogP) is 2.77. The zero-order chi connectivity index (χ0) is 15.5. The molecule has 0 saturated carbocycles. The van der Waals surface area contributed by atoms with Gasteiger partial charge >= 0.3 is 0 Å². The summed E-state index contributed by atoms with van der Waals surface area (Å²) in [5.74, 6) is -1.12. The zero-order valence-electron chi connectivity index (χ0n) is 12.1. The van der Waals surface area contributed by atoms with Crippen molar-refractivity contribution in [1.82, 2.24) is 5.32 Å². The summed E-state index contributed by atoms with van der Waals surface area (Å²) in [6.45, 7) is 3.18. The summed E-state index contributed by atoms with van der Waals surface area (Å²) in [6, 6.07) is 13.5. The van der Waals surface area contributed by atoms with Gasteiger partial charge in [0, 0.05) is 0 Å². The van der Waals surface area contributed by atoms with Gasteiger partial charge in [0.1, 0.15) is 5.82 Å². The molecule has 0 heterocycles. The number of aryl methyl sites for hydroxylation is 1. The summed E-state index contributed by atoms with van der Waals surface area (Å²) < 4.78 is 13.9. The Kier molecular flexibility index (Phi) is 4.38. The molecular weight excluding hydrogens is 269 g/mol. The largest absolute Gasteiger partial charge is 0.394 e. The molecule has 1 atom stereocenters. The van der Waals surface area contributed by atoms with Crippen LogP contribution in [-0.4, -0.2) is 17.6 Å². The molecule has 0 aliphatic heterocycles. The highest BCUT2D eigenvalue weighted by Gasteiger charge is 2.28. The van der Waals surface area contributed by atoms with Crippen molar-refractivity contribution in [1.29, 1.82) is 0 Å². The highest BCUT2D eigenvalue weighted by Crippen LogP contribution is 2.21. The average molecular weight is 287 g/mol. The normalized spacial score (nSPS) is 13.5. The second kappa shape index (κ2) is 6.06. The van der Waals surface area contributed by atoms with Gasteiger partial charge in [0.25, 0.3) is 5.91 Å². The van der Waals surface area contributed by atoms with Crippen molar-refractivity contribution in [3.63, 3.8) is 0 Å². The quantitative estimate of drug-likeness (QED) is 0.908. The van der Waals surface area contributed by atoms with Crippen molar-refractivity contribution >= 4 is 5.91 Å². The van der Waals surface area contributed by atoms with Gasteiger partial charge in [-0.1, -0.05) is 36.4 Å². The summed E-state index contributed by atoms with van der Waals surface area (Å²) in [6.07, 6.45) is 0. The summed E-state index contributed by atoms with van der Waals surface area (Å²) in [5, 5.41) is 12.3. The average Bonchev–Trinajstić information content (AvgIpc) is 2.47. The van der Waals surface area contributed by atoms with Crippen LogP contribution in [0.5, 0.6) is 0 Å². The van der Waals surface area contributed by atoms with Crippen molar-refractivity contribution in [3.05, 3.63) is 71.0 Å². The van der Waals surface area contributed by atoms with Crippen molar-refractivity contribution in [3.8, 4) is 0 Å². The molecule has 0 fully saturated rings. The Bertz CT molecular complexity index is 642. The van der Waals surface area contributed by atoms with Crippen molar-refractivity contribution in [2.75, 3.05) is 6.61 Å². The number of rotatable bonds is 4. The topological polar surface area (TPSA) is 49.3 Å². The summed E-state index contributed by atoms with van der Waals surface area (Å²) in [5.41, 5.74) is 0.511. The van der Waals surface area contributed by atoms with Crippen LogP contribution in [0, 0.1) is 12.7 Å². The van der Waals surface area contributed by atoms with E-state index in [1.807, 2.05) is 30.3 Å². The minimum atomic E-state index is -0.963. The maximum Gasteiger partial charge on any atom is 0.255 e. The molecule has 4 heteroatoms. The Balaban J connectivity index is 2.28. The predicted molar refractivity (Wildman–Crippen MR) is 79.5 cm³/mol. The molecule has 0 aliphatic rings. The number of aliphatic hydroxyl groups excluding tert-OH is 1. The van der Waals surface area contributed by atoms with E-state index in [0.717, 1.165) is 11.1 Å². The van der Waals surface area contributed by atoms with Gasteiger partial charge in [-0.25, -0.2) is 4.39 Å². The maximum absolute atomic E-state index is 13.9. The number of aliphatic hydroxyl groups is 1. The minimum absolute atomic E-state index is 0.0313. The Labute approximate surface area is 123 Å². The third-order valence-corrected chi connectivity index (χ3v) is 3.49. The lowest BCUT2D eigenvalue weighted by molar-refractivity contribution is 0.0845. The Hall–Kier alpha value is -2.20. The number of benzene rings is 2. The van der Waals surface area contributed by atoms with Gasteiger partial charge in [0.15, 0.2) is 0 Å². The molecule has 2 N–H and O–H groups in total. The number of amides is 1. The van der Waals surface area contributed by atoms with Gasteiger partial charge in [-0.15, -0.1) is 0 Å². The third-order valence-electron chi connectivity index (χ3n) is 3.49. The zero-order valence-corrected chi connectivity index (χ0v) is 12.1. The van der Waals surface area contributed by atoms with Crippen LogP contribution < -0.4 is 5.32 Å². The lowest BCUT2D eigenvalue weighted by Crippen LogP contribution is -2.46. The first-order valence-corrected chi connectivity index (χ1v) is 6.71. The van der Waals surface area contributed by atoms with Crippen molar-refractivity contribution < 1.29 is 14.3 Å². The fourth-order valence-corrected chi connectivity index (χ4v) is 2.13. The Morgan fingerprint density at radius 1 is 1.24 bits per heavy atom. The fourth-order valence-electron chi connectivity index (χ4n) is 2.13. The molecule has 2 aromatic rings. The van der Waals surface area contributed by atoms with Crippen LogP contribution in [-0.2, 0) is 5.54 Å². The van der Waals surface area contributed by atoms with Crippen LogP contribution >= 0.6 is 0 Å². The van der Waals surface area contributed by atoms with E-state index in [1.54, 1.807) is 19.9 Å². The monoisotopic (exact) mass is 287 g/mol. The molecule has 2 aromatic carbocycles. The summed E-state index contributed by atoms with van der Waals surface area (Å²) in [7, 11) is 0. The van der Waals surface area contributed by atoms with E-state index in [1.165, 1.54) is 12.1 Å². The van der Waals surface area contributed by atoms with E-state index in [0.29, 0.717) is 0 Å². The highest BCUT2D eigenvalue weighted by atomic mass is 19.1. The number of nitrogens with one attached hydrogen (secondary N) is 1. The molecule has 0 bridgehead atoms. The van der Waals surface area contributed by atoms with Crippen molar-refractivity contribution in [2.24, 2.45) is 0 Å². The van der Waals surface area contributed by atoms with E-state index in [-0.39, 0.29) is 12.2 Å². The van der Waals surface area contributed by atoms with E-state index < -0.39 is 17.3 Å². The molecular formula is C17H18FNO2. The standard InChI is InChI=1S/C17H18FNO2/c1-12-8-9-14(15(18)10-12)16(21)19-17(2,11-20)13-6-4-3-5-7-13/h3-10,20H,11H2,1-2H3,(H,19,21). The van der Waals surface area contributed by atoms with Gasteiger partial charge < -0.3 is 10.4 Å². The first-order valence-electron chi connectivity index (χ1n) is 6.71. The van der Waals surface area contributed by atoms with Crippen LogP contribution in [0.2, 0.25) is 0 Å². The van der Waals surface area contributed by atoms with Gasteiger partial charge in [0.05, 0.1) is 17.7 Å². The lowest BCUT2D eigenvalue weighted by atomic mass is 9.92. The molecule has 0 spiro atoms. The molecule has 0 aliphatic carbocycles.